The Balaban J connectivity index is 5.08. The quantitative estimate of drug-likeness (QED) is 0.606. The van der Waals surface area contributed by atoms with Crippen molar-refractivity contribution in [3.8, 4) is 0 Å². The first kappa shape index (κ1) is 19.6. The van der Waals surface area contributed by atoms with Gasteiger partial charge in [0.05, 0.1) is 5.16 Å². The molecule has 0 saturated heterocycles. The molecule has 0 radical (unpaired) electrons. The van der Waals surface area contributed by atoms with Gasteiger partial charge in [0.2, 0.25) is 0 Å². The molecule has 1 N–H and O–H groups in total. The monoisotopic (exact) mass is 338 g/mol. The predicted octanol–water partition coefficient (Wildman–Crippen LogP) is 4.12. The van der Waals surface area contributed by atoms with Crippen LogP contribution in [-0.2, 0) is 9.09 Å². The van der Waals surface area contributed by atoms with Crippen molar-refractivity contribution < 1.29 is 49.1 Å². The Hall–Kier alpha value is -0.410. The standard InChI is InChI=1S/C8H11F8O3P/c1-6(2,20(17,18)19-8(14,15)16)4(9)3-5(10)7(11,12)13/h4-5H,3H2,1-2H3,(H,17,18). The minimum absolute atomic E-state index is 0.438. The molecule has 0 aliphatic carbocycles. The average molecular weight is 338 g/mol. The first-order valence-corrected chi connectivity index (χ1v) is 6.53. The largest absolute Gasteiger partial charge is 0.529 e. The Morgan fingerprint density at radius 1 is 1.05 bits per heavy atom. The third-order valence-electron chi connectivity index (χ3n) is 2.49. The van der Waals surface area contributed by atoms with E-state index in [2.05, 4.69) is 4.52 Å². The van der Waals surface area contributed by atoms with E-state index in [0.29, 0.717) is 13.8 Å². The molecule has 0 heterocycles. The van der Waals surface area contributed by atoms with Crippen LogP contribution in [0.25, 0.3) is 0 Å². The molecule has 122 valence electrons. The minimum atomic E-state index is -5.72. The van der Waals surface area contributed by atoms with E-state index in [4.69, 9.17) is 4.89 Å². The Labute approximate surface area is 108 Å². The molecule has 12 heteroatoms. The van der Waals surface area contributed by atoms with Crippen LogP contribution in [-0.4, -0.2) is 34.9 Å². The van der Waals surface area contributed by atoms with Gasteiger partial charge in [-0.05, 0) is 13.8 Å². The van der Waals surface area contributed by atoms with Crippen LogP contribution in [0.15, 0.2) is 0 Å². The molecule has 3 atom stereocenters. The van der Waals surface area contributed by atoms with Crippen molar-refractivity contribution in [3.63, 3.8) is 0 Å². The molecule has 0 aromatic rings. The molecule has 0 aromatic heterocycles. The van der Waals surface area contributed by atoms with Gasteiger partial charge in [-0.1, -0.05) is 0 Å². The highest BCUT2D eigenvalue weighted by molar-refractivity contribution is 7.54. The zero-order valence-electron chi connectivity index (χ0n) is 10.1. The lowest BCUT2D eigenvalue weighted by atomic mass is 10.0. The van der Waals surface area contributed by atoms with E-state index < -0.39 is 44.1 Å². The lowest BCUT2D eigenvalue weighted by molar-refractivity contribution is -0.279. The SMILES string of the molecule is CC(C)(C(F)CC(F)C(F)(F)F)P(=O)(O)OC(F)(F)F. The Kier molecular flexibility index (Phi) is 5.65. The Bertz CT molecular complexity index is 377. The van der Waals surface area contributed by atoms with Crippen molar-refractivity contribution in [2.45, 2.75) is 50.3 Å². The van der Waals surface area contributed by atoms with Gasteiger partial charge in [-0.3, -0.25) is 4.57 Å². The van der Waals surface area contributed by atoms with E-state index in [0.717, 1.165) is 0 Å². The molecule has 0 bridgehead atoms. The van der Waals surface area contributed by atoms with E-state index in [9.17, 15) is 39.7 Å². The average Bonchev–Trinajstić information content (AvgIpc) is 2.11. The van der Waals surface area contributed by atoms with Crippen molar-refractivity contribution in [1.82, 2.24) is 0 Å². The molecule has 3 nitrogen and oxygen atoms in total. The van der Waals surface area contributed by atoms with Crippen LogP contribution >= 0.6 is 7.60 Å². The number of rotatable bonds is 5. The van der Waals surface area contributed by atoms with Crippen LogP contribution in [0.1, 0.15) is 20.3 Å². The van der Waals surface area contributed by atoms with Crippen molar-refractivity contribution >= 4 is 7.60 Å². The molecule has 0 spiro atoms. The van der Waals surface area contributed by atoms with Crippen molar-refractivity contribution in [2.24, 2.45) is 0 Å². The molecule has 0 aliphatic heterocycles. The lowest BCUT2D eigenvalue weighted by Crippen LogP contribution is -2.39. The van der Waals surface area contributed by atoms with E-state index in [1.807, 2.05) is 0 Å². The third kappa shape index (κ3) is 5.17. The van der Waals surface area contributed by atoms with E-state index in [-0.39, 0.29) is 0 Å². The highest BCUT2D eigenvalue weighted by Crippen LogP contribution is 2.61. The van der Waals surface area contributed by atoms with Crippen LogP contribution in [0.5, 0.6) is 0 Å². The lowest BCUT2D eigenvalue weighted by Gasteiger charge is -2.33. The smallest absolute Gasteiger partial charge is 0.324 e. The maximum Gasteiger partial charge on any atom is 0.529 e. The summed E-state index contributed by atoms with van der Waals surface area (Å²) in [4.78, 5) is 9.03. The normalized spacial score (nSPS) is 20.4. The van der Waals surface area contributed by atoms with Gasteiger partial charge in [0, 0.05) is 6.42 Å². The van der Waals surface area contributed by atoms with Gasteiger partial charge < -0.3 is 4.89 Å². The van der Waals surface area contributed by atoms with Crippen LogP contribution in [0, 0.1) is 0 Å². The second kappa shape index (κ2) is 5.76. The second-order valence-electron chi connectivity index (χ2n) is 4.42. The molecule has 0 fully saturated rings. The number of halogens is 8. The summed E-state index contributed by atoms with van der Waals surface area (Å²) < 4.78 is 112. The second-order valence-corrected chi connectivity index (χ2v) is 6.80. The predicted molar refractivity (Wildman–Crippen MR) is 51.5 cm³/mol. The van der Waals surface area contributed by atoms with Crippen LogP contribution < -0.4 is 0 Å². The van der Waals surface area contributed by atoms with E-state index in [1.54, 1.807) is 0 Å². The Morgan fingerprint density at radius 2 is 1.45 bits per heavy atom. The van der Waals surface area contributed by atoms with E-state index >= 15 is 0 Å². The van der Waals surface area contributed by atoms with Crippen LogP contribution in [0.2, 0.25) is 0 Å². The van der Waals surface area contributed by atoms with Gasteiger partial charge in [-0.25, -0.2) is 13.3 Å². The third-order valence-corrected chi connectivity index (χ3v) is 4.68. The first-order chi connectivity index (χ1) is 8.51. The highest BCUT2D eigenvalue weighted by Gasteiger charge is 2.55. The number of hydrogen-bond donors (Lipinski definition) is 1. The molecule has 0 aromatic carbocycles. The first-order valence-electron chi connectivity index (χ1n) is 4.96. The fourth-order valence-electron chi connectivity index (χ4n) is 1.04. The molecule has 0 rings (SSSR count). The van der Waals surface area contributed by atoms with Gasteiger partial charge in [-0.15, -0.1) is 13.2 Å². The van der Waals surface area contributed by atoms with Gasteiger partial charge in [0.15, 0.2) is 6.17 Å². The zero-order chi connectivity index (χ0) is 16.6. The zero-order valence-corrected chi connectivity index (χ0v) is 11.0. The summed E-state index contributed by atoms with van der Waals surface area (Å²) in [6.45, 7) is 0.876. The summed E-state index contributed by atoms with van der Waals surface area (Å²) in [6.07, 6.45) is -19.6. The fourth-order valence-corrected chi connectivity index (χ4v) is 2.01. The van der Waals surface area contributed by atoms with Crippen molar-refractivity contribution in [3.05, 3.63) is 0 Å². The molecular weight excluding hydrogens is 327 g/mol. The van der Waals surface area contributed by atoms with Gasteiger partial charge in [0.1, 0.15) is 6.17 Å². The fraction of sp³-hybridized carbons (Fsp3) is 1.00. The topological polar surface area (TPSA) is 46.5 Å². The number of alkyl halides is 8. The molecule has 3 unspecified atom stereocenters. The molecule has 0 amide bonds. The summed E-state index contributed by atoms with van der Waals surface area (Å²) >= 11 is 0. The minimum Gasteiger partial charge on any atom is -0.324 e. The van der Waals surface area contributed by atoms with Gasteiger partial charge >= 0.3 is 20.1 Å². The molecule has 0 aliphatic rings. The summed E-state index contributed by atoms with van der Waals surface area (Å²) in [6, 6.07) is 0. The maximum absolute atomic E-state index is 13.5. The van der Waals surface area contributed by atoms with Gasteiger partial charge in [-0.2, -0.15) is 13.2 Å². The van der Waals surface area contributed by atoms with Crippen molar-refractivity contribution in [1.29, 1.82) is 0 Å². The summed E-state index contributed by atoms with van der Waals surface area (Å²) in [5.41, 5.74) is 0. The number of hydrogen-bond acceptors (Lipinski definition) is 2. The summed E-state index contributed by atoms with van der Waals surface area (Å²) in [5, 5.41) is -2.88. The molecular formula is C8H11F8O3P. The molecule has 20 heavy (non-hydrogen) atoms. The van der Waals surface area contributed by atoms with E-state index in [1.165, 1.54) is 0 Å². The van der Waals surface area contributed by atoms with Crippen molar-refractivity contribution in [2.75, 3.05) is 0 Å². The molecule has 0 saturated carbocycles. The highest BCUT2D eigenvalue weighted by atomic mass is 31.2. The van der Waals surface area contributed by atoms with Crippen LogP contribution in [0.4, 0.5) is 35.1 Å². The van der Waals surface area contributed by atoms with Gasteiger partial charge in [0.25, 0.3) is 0 Å². The van der Waals surface area contributed by atoms with Crippen LogP contribution in [0.3, 0.4) is 0 Å². The summed E-state index contributed by atoms with van der Waals surface area (Å²) in [5.74, 6) is 0. The summed E-state index contributed by atoms with van der Waals surface area (Å²) in [7, 11) is -5.72. The Morgan fingerprint density at radius 3 is 1.75 bits per heavy atom. The maximum atomic E-state index is 13.5.